The van der Waals surface area contributed by atoms with E-state index in [1.807, 2.05) is 17.0 Å². The van der Waals surface area contributed by atoms with E-state index in [4.69, 9.17) is 0 Å². The first-order valence-electron chi connectivity index (χ1n) is 9.17. The van der Waals surface area contributed by atoms with Crippen LogP contribution < -0.4 is 10.2 Å². The normalized spacial score (nSPS) is 21.2. The molecule has 2 aliphatic rings. The van der Waals surface area contributed by atoms with E-state index in [9.17, 15) is 4.79 Å². The number of nitrogens with zero attached hydrogens (tertiary/aromatic N) is 3. The van der Waals surface area contributed by atoms with Crippen LogP contribution in [0.25, 0.3) is 0 Å². The summed E-state index contributed by atoms with van der Waals surface area (Å²) in [4.78, 5) is 19.6. The van der Waals surface area contributed by atoms with Crippen molar-refractivity contribution < 1.29 is 4.79 Å². The fourth-order valence-corrected chi connectivity index (χ4v) is 3.62. The standard InChI is InChI=1S/C19H30N4O.2ClH/c1-15(2)21-10-12-22(13-11-21)18-6-4-17(5-7-18)19(24)23-9-8-20-14-16(23)3;;/h4-7,15-16,20H,8-14H2,1-3H3;2*1H/t16-;;/m1../s1. The van der Waals surface area contributed by atoms with E-state index >= 15 is 0 Å². The van der Waals surface area contributed by atoms with Crippen molar-refractivity contribution in [3.63, 3.8) is 0 Å². The van der Waals surface area contributed by atoms with Gasteiger partial charge in [0.2, 0.25) is 0 Å². The third kappa shape index (κ3) is 5.26. The van der Waals surface area contributed by atoms with Crippen LogP contribution in [-0.2, 0) is 0 Å². The number of halogens is 2. The minimum Gasteiger partial charge on any atom is -0.369 e. The van der Waals surface area contributed by atoms with Gasteiger partial charge in [0, 0.05) is 69.1 Å². The average molecular weight is 403 g/mol. The Kier molecular flexibility index (Phi) is 9.17. The maximum Gasteiger partial charge on any atom is 0.254 e. The Balaban J connectivity index is 0.00000169. The molecule has 0 bridgehead atoms. The van der Waals surface area contributed by atoms with Gasteiger partial charge in [0.1, 0.15) is 0 Å². The molecule has 3 rings (SSSR count). The van der Waals surface area contributed by atoms with Gasteiger partial charge in [-0.15, -0.1) is 24.8 Å². The van der Waals surface area contributed by atoms with Crippen molar-refractivity contribution in [2.45, 2.75) is 32.9 Å². The quantitative estimate of drug-likeness (QED) is 0.842. The summed E-state index contributed by atoms with van der Waals surface area (Å²) >= 11 is 0. The zero-order valence-corrected chi connectivity index (χ0v) is 17.6. The second-order valence-corrected chi connectivity index (χ2v) is 7.22. The molecule has 1 N–H and O–H groups in total. The number of hydrogen-bond donors (Lipinski definition) is 1. The molecule has 1 amide bonds. The third-order valence-corrected chi connectivity index (χ3v) is 5.29. The first-order chi connectivity index (χ1) is 11.6. The number of benzene rings is 1. The van der Waals surface area contributed by atoms with Crippen LogP contribution >= 0.6 is 24.8 Å². The lowest BCUT2D eigenvalue weighted by Crippen LogP contribution is -2.52. The van der Waals surface area contributed by atoms with Gasteiger partial charge in [-0.2, -0.15) is 0 Å². The highest BCUT2D eigenvalue weighted by atomic mass is 35.5. The lowest BCUT2D eigenvalue weighted by atomic mass is 10.1. The molecule has 0 aromatic heterocycles. The molecule has 1 aromatic rings. The van der Waals surface area contributed by atoms with E-state index in [-0.39, 0.29) is 36.8 Å². The summed E-state index contributed by atoms with van der Waals surface area (Å²) in [6.07, 6.45) is 0. The van der Waals surface area contributed by atoms with E-state index in [1.165, 1.54) is 5.69 Å². The highest BCUT2D eigenvalue weighted by Crippen LogP contribution is 2.19. The number of amides is 1. The van der Waals surface area contributed by atoms with Crippen molar-refractivity contribution in [2.24, 2.45) is 0 Å². The molecule has 0 saturated carbocycles. The Hall–Kier alpha value is -1.01. The van der Waals surface area contributed by atoms with E-state index in [1.54, 1.807) is 0 Å². The van der Waals surface area contributed by atoms with Gasteiger partial charge in [0.25, 0.3) is 5.91 Å². The van der Waals surface area contributed by atoms with Crippen molar-refractivity contribution >= 4 is 36.4 Å². The van der Waals surface area contributed by atoms with Crippen LogP contribution in [0.3, 0.4) is 0 Å². The predicted octanol–water partition coefficient (Wildman–Crippen LogP) is 2.49. The smallest absolute Gasteiger partial charge is 0.254 e. The number of nitrogens with one attached hydrogen (secondary N) is 1. The molecular weight excluding hydrogens is 371 g/mol. The molecule has 0 aliphatic carbocycles. The molecule has 26 heavy (non-hydrogen) atoms. The second-order valence-electron chi connectivity index (χ2n) is 7.22. The molecule has 0 spiro atoms. The maximum absolute atomic E-state index is 12.7. The molecule has 5 nitrogen and oxygen atoms in total. The zero-order valence-electron chi connectivity index (χ0n) is 16.0. The van der Waals surface area contributed by atoms with Crippen molar-refractivity contribution in [1.29, 1.82) is 0 Å². The number of hydrogen-bond acceptors (Lipinski definition) is 4. The second kappa shape index (κ2) is 10.4. The van der Waals surface area contributed by atoms with E-state index in [0.717, 1.165) is 51.4 Å². The Morgan fingerprint density at radius 1 is 1.04 bits per heavy atom. The van der Waals surface area contributed by atoms with Gasteiger partial charge in [-0.25, -0.2) is 0 Å². The third-order valence-electron chi connectivity index (χ3n) is 5.29. The molecule has 0 radical (unpaired) electrons. The zero-order chi connectivity index (χ0) is 17.1. The van der Waals surface area contributed by atoms with Crippen LogP contribution in [0.2, 0.25) is 0 Å². The molecule has 2 saturated heterocycles. The summed E-state index contributed by atoms with van der Waals surface area (Å²) in [6, 6.07) is 9.06. The first kappa shape index (κ1) is 23.0. The summed E-state index contributed by atoms with van der Waals surface area (Å²) < 4.78 is 0. The van der Waals surface area contributed by atoms with Crippen molar-refractivity contribution in [3.05, 3.63) is 29.8 Å². The monoisotopic (exact) mass is 402 g/mol. The molecule has 2 aliphatic heterocycles. The highest BCUT2D eigenvalue weighted by Gasteiger charge is 2.24. The van der Waals surface area contributed by atoms with E-state index in [2.05, 4.69) is 48.0 Å². The number of rotatable bonds is 3. The Bertz CT molecular complexity index is 559. The van der Waals surface area contributed by atoms with E-state index < -0.39 is 0 Å². The predicted molar refractivity (Wildman–Crippen MR) is 113 cm³/mol. The minimum atomic E-state index is 0. The van der Waals surface area contributed by atoms with Gasteiger partial charge in [-0.05, 0) is 45.0 Å². The fourth-order valence-electron chi connectivity index (χ4n) is 3.62. The van der Waals surface area contributed by atoms with E-state index in [0.29, 0.717) is 6.04 Å². The van der Waals surface area contributed by atoms with Gasteiger partial charge in [0.15, 0.2) is 0 Å². The van der Waals surface area contributed by atoms with Crippen LogP contribution in [0, 0.1) is 0 Å². The number of anilines is 1. The lowest BCUT2D eigenvalue weighted by Gasteiger charge is -2.38. The van der Waals surface area contributed by atoms with Crippen molar-refractivity contribution in [3.8, 4) is 0 Å². The average Bonchev–Trinajstić information content (AvgIpc) is 2.62. The fraction of sp³-hybridized carbons (Fsp3) is 0.632. The molecule has 1 atom stereocenters. The summed E-state index contributed by atoms with van der Waals surface area (Å²) in [5.41, 5.74) is 2.02. The first-order valence-corrected chi connectivity index (χ1v) is 9.17. The Morgan fingerprint density at radius 3 is 2.19 bits per heavy atom. The van der Waals surface area contributed by atoms with Crippen LogP contribution in [0.4, 0.5) is 5.69 Å². The largest absolute Gasteiger partial charge is 0.369 e. The molecule has 2 heterocycles. The molecular formula is C19H32Cl2N4O. The topological polar surface area (TPSA) is 38.8 Å². The number of carbonyl (C=O) groups is 1. The molecule has 1 aromatic carbocycles. The lowest BCUT2D eigenvalue weighted by molar-refractivity contribution is 0.0656. The Labute approximate surface area is 169 Å². The van der Waals surface area contributed by atoms with Gasteiger partial charge >= 0.3 is 0 Å². The minimum absolute atomic E-state index is 0. The summed E-state index contributed by atoms with van der Waals surface area (Å²) in [7, 11) is 0. The molecule has 0 unspecified atom stereocenters. The highest BCUT2D eigenvalue weighted by molar-refractivity contribution is 5.94. The SMILES string of the molecule is CC(C)N1CCN(c2ccc(C(=O)N3CCNC[C@H]3C)cc2)CC1.Cl.Cl. The van der Waals surface area contributed by atoms with Crippen LogP contribution in [0.1, 0.15) is 31.1 Å². The summed E-state index contributed by atoms with van der Waals surface area (Å²) in [6.45, 7) is 13.5. The summed E-state index contributed by atoms with van der Waals surface area (Å²) in [5, 5.41) is 3.33. The van der Waals surface area contributed by atoms with Crippen LogP contribution in [-0.4, -0.2) is 73.6 Å². The Morgan fingerprint density at radius 2 is 1.65 bits per heavy atom. The summed E-state index contributed by atoms with van der Waals surface area (Å²) in [5.74, 6) is 0.153. The molecule has 2 fully saturated rings. The molecule has 148 valence electrons. The number of carbonyl (C=O) groups excluding carboxylic acids is 1. The molecule has 7 heteroatoms. The number of piperazine rings is 2. The van der Waals surface area contributed by atoms with Gasteiger partial charge in [0.05, 0.1) is 0 Å². The maximum atomic E-state index is 12.7. The van der Waals surface area contributed by atoms with Gasteiger partial charge < -0.3 is 15.1 Å². The van der Waals surface area contributed by atoms with Gasteiger partial charge in [-0.1, -0.05) is 0 Å². The van der Waals surface area contributed by atoms with Crippen LogP contribution in [0.15, 0.2) is 24.3 Å². The van der Waals surface area contributed by atoms with Gasteiger partial charge in [-0.3, -0.25) is 9.69 Å². The van der Waals surface area contributed by atoms with Crippen molar-refractivity contribution in [1.82, 2.24) is 15.1 Å². The van der Waals surface area contributed by atoms with Crippen molar-refractivity contribution in [2.75, 3.05) is 50.7 Å². The van der Waals surface area contributed by atoms with Crippen LogP contribution in [0.5, 0.6) is 0 Å².